The molecule has 0 amide bonds. The molecule has 0 aliphatic carbocycles. The van der Waals surface area contributed by atoms with Crippen molar-refractivity contribution in [3.8, 4) is 5.75 Å². The van der Waals surface area contributed by atoms with Crippen molar-refractivity contribution >= 4 is 17.1 Å². The molecular weight excluding hydrogens is 387 g/mol. The molecular formula is C21H28F3NO2S. The van der Waals surface area contributed by atoms with Crippen molar-refractivity contribution in [1.82, 2.24) is 0 Å². The van der Waals surface area contributed by atoms with Gasteiger partial charge in [-0.05, 0) is 42.7 Å². The molecule has 7 heteroatoms. The molecule has 0 saturated carbocycles. The maximum Gasteiger partial charge on any atom is 0.389 e. The van der Waals surface area contributed by atoms with Crippen LogP contribution in [0.4, 0.5) is 13.2 Å². The van der Waals surface area contributed by atoms with Crippen LogP contribution >= 0.6 is 11.3 Å². The van der Waals surface area contributed by atoms with Crippen LogP contribution in [0.25, 0.3) is 0 Å². The topological polar surface area (TPSA) is 52.3 Å². The van der Waals surface area contributed by atoms with E-state index in [4.69, 9.17) is 10.5 Å². The van der Waals surface area contributed by atoms with Crippen LogP contribution < -0.4 is 10.5 Å². The number of thiophene rings is 1. The number of alkyl halides is 3. The summed E-state index contributed by atoms with van der Waals surface area (Å²) in [4.78, 5) is 14.2. The first-order valence-electron chi connectivity index (χ1n) is 9.45. The van der Waals surface area contributed by atoms with Gasteiger partial charge < -0.3 is 10.5 Å². The SMILES string of the molecule is CC.CCc1ccc(C(=O)CC(N)c2ccc(OCCCC(F)(F)F)cc2)s1. The zero-order valence-electron chi connectivity index (χ0n) is 16.5. The second-order valence-corrected chi connectivity index (χ2v) is 7.16. The fraction of sp³-hybridized carbons (Fsp3) is 0.476. The van der Waals surface area contributed by atoms with Gasteiger partial charge in [-0.15, -0.1) is 11.3 Å². The molecule has 0 aliphatic heterocycles. The molecule has 2 rings (SSSR count). The Labute approximate surface area is 168 Å². The molecule has 1 atom stereocenters. The van der Waals surface area contributed by atoms with Gasteiger partial charge in [0.25, 0.3) is 0 Å². The molecule has 1 unspecified atom stereocenters. The molecule has 1 heterocycles. The average Bonchev–Trinajstić information content (AvgIpc) is 3.16. The Morgan fingerprint density at radius 3 is 2.32 bits per heavy atom. The van der Waals surface area contributed by atoms with Crippen LogP contribution in [-0.4, -0.2) is 18.6 Å². The van der Waals surface area contributed by atoms with Crippen molar-refractivity contribution in [1.29, 1.82) is 0 Å². The number of carbonyl (C=O) groups excluding carboxylic acids is 1. The van der Waals surface area contributed by atoms with E-state index in [0.717, 1.165) is 16.9 Å². The van der Waals surface area contributed by atoms with Crippen molar-refractivity contribution in [2.75, 3.05) is 6.61 Å². The van der Waals surface area contributed by atoms with E-state index >= 15 is 0 Å². The minimum atomic E-state index is -4.16. The van der Waals surface area contributed by atoms with Gasteiger partial charge in [-0.25, -0.2) is 0 Å². The maximum absolute atomic E-state index is 12.3. The van der Waals surface area contributed by atoms with Crippen molar-refractivity contribution in [3.05, 3.63) is 51.7 Å². The molecule has 2 aromatic rings. The van der Waals surface area contributed by atoms with E-state index in [9.17, 15) is 18.0 Å². The molecule has 0 spiro atoms. The van der Waals surface area contributed by atoms with Gasteiger partial charge in [0.15, 0.2) is 5.78 Å². The second kappa shape index (κ2) is 11.9. The smallest absolute Gasteiger partial charge is 0.389 e. The number of ketones is 1. The van der Waals surface area contributed by atoms with Gasteiger partial charge in [0.1, 0.15) is 5.75 Å². The molecule has 28 heavy (non-hydrogen) atoms. The van der Waals surface area contributed by atoms with Gasteiger partial charge in [0.05, 0.1) is 11.5 Å². The van der Waals surface area contributed by atoms with Crippen LogP contribution in [0.2, 0.25) is 0 Å². The number of Topliss-reactive ketones (excluding diaryl/α,β-unsaturated/α-hetero) is 1. The van der Waals surface area contributed by atoms with Crippen LogP contribution in [0.3, 0.4) is 0 Å². The molecule has 1 aromatic heterocycles. The first-order chi connectivity index (χ1) is 13.3. The number of rotatable bonds is 9. The summed E-state index contributed by atoms with van der Waals surface area (Å²) in [5, 5.41) is 0. The standard InChI is InChI=1S/C19H22F3NO2S.C2H6/c1-2-15-8-9-18(26-15)17(24)12-16(23)13-4-6-14(7-5-13)25-11-3-10-19(20,21)22;1-2/h4-9,16H,2-3,10-12,23H2,1H3;1-2H3. The lowest BCUT2D eigenvalue weighted by atomic mass is 10.0. The minimum absolute atomic E-state index is 0.00152. The van der Waals surface area contributed by atoms with E-state index in [1.54, 1.807) is 24.3 Å². The van der Waals surface area contributed by atoms with Gasteiger partial charge in [0.2, 0.25) is 0 Å². The molecule has 0 saturated heterocycles. The van der Waals surface area contributed by atoms with Crippen LogP contribution in [0, 0.1) is 0 Å². The molecule has 2 N–H and O–H groups in total. The molecule has 0 bridgehead atoms. The molecule has 0 radical (unpaired) electrons. The Balaban J connectivity index is 0.00000190. The molecule has 3 nitrogen and oxygen atoms in total. The van der Waals surface area contributed by atoms with Gasteiger partial charge in [0, 0.05) is 23.8 Å². The van der Waals surface area contributed by atoms with Crippen molar-refractivity contribution in [3.63, 3.8) is 0 Å². The largest absolute Gasteiger partial charge is 0.494 e. The minimum Gasteiger partial charge on any atom is -0.494 e. The highest BCUT2D eigenvalue weighted by atomic mass is 32.1. The first-order valence-corrected chi connectivity index (χ1v) is 10.3. The Bertz CT molecular complexity index is 711. The quantitative estimate of drug-likeness (QED) is 0.384. The van der Waals surface area contributed by atoms with Gasteiger partial charge >= 0.3 is 6.18 Å². The molecule has 1 aromatic carbocycles. The molecule has 0 aliphatic rings. The number of halogens is 3. The zero-order chi connectivity index (χ0) is 21.2. The number of aryl methyl sites for hydroxylation is 1. The molecule has 0 fully saturated rings. The summed E-state index contributed by atoms with van der Waals surface area (Å²) in [7, 11) is 0. The highest BCUT2D eigenvalue weighted by Gasteiger charge is 2.26. The third-order valence-electron chi connectivity index (χ3n) is 3.87. The van der Waals surface area contributed by atoms with Gasteiger partial charge in [-0.3, -0.25) is 4.79 Å². The fourth-order valence-corrected chi connectivity index (χ4v) is 3.31. The fourth-order valence-electron chi connectivity index (χ4n) is 2.41. The number of hydrogen-bond acceptors (Lipinski definition) is 4. The Kier molecular flexibility index (Phi) is 10.2. The highest BCUT2D eigenvalue weighted by Crippen LogP contribution is 2.24. The number of hydrogen-bond donors (Lipinski definition) is 1. The normalized spacial score (nSPS) is 12.1. The van der Waals surface area contributed by atoms with E-state index in [2.05, 4.69) is 0 Å². The summed E-state index contributed by atoms with van der Waals surface area (Å²) < 4.78 is 41.5. The van der Waals surface area contributed by atoms with Crippen LogP contribution in [-0.2, 0) is 6.42 Å². The highest BCUT2D eigenvalue weighted by molar-refractivity contribution is 7.14. The van der Waals surface area contributed by atoms with Crippen molar-refractivity contribution in [2.24, 2.45) is 5.73 Å². The molecule has 156 valence electrons. The van der Waals surface area contributed by atoms with Crippen molar-refractivity contribution < 1.29 is 22.7 Å². The Morgan fingerprint density at radius 2 is 1.79 bits per heavy atom. The summed E-state index contributed by atoms with van der Waals surface area (Å²) in [6.07, 6.45) is -4.00. The van der Waals surface area contributed by atoms with Crippen LogP contribution in [0.15, 0.2) is 36.4 Å². The predicted molar refractivity (Wildman–Crippen MR) is 108 cm³/mol. The monoisotopic (exact) mass is 415 g/mol. The summed E-state index contributed by atoms with van der Waals surface area (Å²) in [6, 6.07) is 10.1. The van der Waals surface area contributed by atoms with E-state index in [1.807, 2.05) is 32.9 Å². The van der Waals surface area contributed by atoms with E-state index in [1.165, 1.54) is 11.3 Å². The number of benzene rings is 1. The third-order valence-corrected chi connectivity index (χ3v) is 5.14. The Hall–Kier alpha value is -1.86. The van der Waals surface area contributed by atoms with E-state index < -0.39 is 18.6 Å². The second-order valence-electron chi connectivity index (χ2n) is 5.99. The lowest BCUT2D eigenvalue weighted by Gasteiger charge is -2.12. The van der Waals surface area contributed by atoms with Gasteiger partial charge in [-0.2, -0.15) is 13.2 Å². The van der Waals surface area contributed by atoms with Crippen LogP contribution in [0.1, 0.15) is 66.2 Å². The summed E-state index contributed by atoms with van der Waals surface area (Å²) >= 11 is 1.49. The lowest BCUT2D eigenvalue weighted by Crippen LogP contribution is -2.15. The predicted octanol–water partition coefficient (Wildman–Crippen LogP) is 6.33. The third kappa shape index (κ3) is 8.44. The average molecular weight is 416 g/mol. The number of carbonyl (C=O) groups is 1. The number of nitrogens with two attached hydrogens (primary N) is 1. The Morgan fingerprint density at radius 1 is 1.14 bits per heavy atom. The first kappa shape index (κ1) is 24.2. The van der Waals surface area contributed by atoms with Crippen molar-refractivity contribution in [2.45, 2.75) is 58.7 Å². The summed E-state index contributed by atoms with van der Waals surface area (Å²) in [6.45, 7) is 6.04. The zero-order valence-corrected chi connectivity index (χ0v) is 17.3. The van der Waals surface area contributed by atoms with Crippen LogP contribution in [0.5, 0.6) is 5.75 Å². The van der Waals surface area contributed by atoms with E-state index in [-0.39, 0.29) is 25.2 Å². The van der Waals surface area contributed by atoms with E-state index in [0.29, 0.717) is 10.6 Å². The lowest BCUT2D eigenvalue weighted by molar-refractivity contribution is -0.136. The number of ether oxygens (including phenoxy) is 1. The summed E-state index contributed by atoms with van der Waals surface area (Å²) in [5.41, 5.74) is 6.90. The summed E-state index contributed by atoms with van der Waals surface area (Å²) in [5.74, 6) is 0.495. The maximum atomic E-state index is 12.3. The van der Waals surface area contributed by atoms with Gasteiger partial charge in [-0.1, -0.05) is 32.9 Å².